The second kappa shape index (κ2) is 4.70. The van der Waals surface area contributed by atoms with Crippen molar-refractivity contribution >= 4 is 22.1 Å². The summed E-state index contributed by atoms with van der Waals surface area (Å²) >= 11 is 0. The summed E-state index contributed by atoms with van der Waals surface area (Å²) in [6.07, 6.45) is 0. The first-order chi connectivity index (χ1) is 10.7. The lowest BCUT2D eigenvalue weighted by Gasteiger charge is -2.11. The summed E-state index contributed by atoms with van der Waals surface area (Å²) in [5.41, 5.74) is 4.38. The first-order valence-corrected chi connectivity index (χ1v) is 7.49. The van der Waals surface area contributed by atoms with Gasteiger partial charge in [-0.1, -0.05) is 24.3 Å². The minimum Gasteiger partial charge on any atom is -0.331 e. The number of rotatable bonds is 2. The van der Waals surface area contributed by atoms with E-state index in [4.69, 9.17) is 9.97 Å². The average molecular weight is 290 g/mol. The van der Waals surface area contributed by atoms with Crippen molar-refractivity contribution in [3.63, 3.8) is 0 Å². The third kappa shape index (κ3) is 1.77. The van der Waals surface area contributed by atoms with Crippen LogP contribution in [-0.2, 0) is 14.1 Å². The minimum atomic E-state index is 0.134. The number of imidazole rings is 2. The topological polar surface area (TPSA) is 35.6 Å². The minimum absolute atomic E-state index is 0.134. The Balaban J connectivity index is 1.90. The van der Waals surface area contributed by atoms with Crippen LogP contribution in [0.4, 0.5) is 0 Å². The molecule has 0 fully saturated rings. The molecule has 4 nitrogen and oxygen atoms in total. The van der Waals surface area contributed by atoms with Crippen molar-refractivity contribution in [3.05, 3.63) is 60.2 Å². The highest BCUT2D eigenvalue weighted by Gasteiger charge is 2.21. The average Bonchev–Trinajstić information content (AvgIpc) is 3.06. The Morgan fingerprint density at radius 1 is 0.727 bits per heavy atom. The summed E-state index contributed by atoms with van der Waals surface area (Å²) in [4.78, 5) is 9.62. The summed E-state index contributed by atoms with van der Waals surface area (Å²) in [6, 6.07) is 16.5. The first kappa shape index (κ1) is 13.1. The molecule has 0 aliphatic heterocycles. The maximum atomic E-state index is 4.81. The quantitative estimate of drug-likeness (QED) is 0.565. The molecule has 22 heavy (non-hydrogen) atoms. The third-order valence-electron chi connectivity index (χ3n) is 4.42. The lowest BCUT2D eigenvalue weighted by Crippen LogP contribution is -2.09. The maximum absolute atomic E-state index is 4.81. The van der Waals surface area contributed by atoms with Crippen molar-refractivity contribution in [2.75, 3.05) is 0 Å². The Morgan fingerprint density at radius 3 is 1.55 bits per heavy atom. The first-order valence-electron chi connectivity index (χ1n) is 7.49. The van der Waals surface area contributed by atoms with E-state index in [0.717, 1.165) is 33.7 Å². The Morgan fingerprint density at radius 2 is 1.14 bits per heavy atom. The molecule has 0 atom stereocenters. The fourth-order valence-corrected chi connectivity index (χ4v) is 3.22. The van der Waals surface area contributed by atoms with Crippen LogP contribution in [0.1, 0.15) is 24.5 Å². The summed E-state index contributed by atoms with van der Waals surface area (Å²) in [5, 5.41) is 0. The van der Waals surface area contributed by atoms with Crippen LogP contribution in [-0.4, -0.2) is 19.1 Å². The Labute approximate surface area is 129 Å². The second-order valence-corrected chi connectivity index (χ2v) is 5.76. The highest BCUT2D eigenvalue weighted by atomic mass is 15.1. The molecule has 0 N–H and O–H groups in total. The SMILES string of the molecule is CC(c1nc2ccccc2n1C)c1nc2ccccc2n1C. The van der Waals surface area contributed by atoms with Crippen LogP contribution < -0.4 is 0 Å². The van der Waals surface area contributed by atoms with E-state index in [1.165, 1.54) is 0 Å². The summed E-state index contributed by atoms with van der Waals surface area (Å²) in [6.45, 7) is 2.17. The lowest BCUT2D eigenvalue weighted by molar-refractivity contribution is 0.682. The molecule has 2 heterocycles. The predicted molar refractivity (Wildman–Crippen MR) is 88.9 cm³/mol. The van der Waals surface area contributed by atoms with Crippen molar-refractivity contribution in [3.8, 4) is 0 Å². The van der Waals surface area contributed by atoms with Crippen LogP contribution in [0.25, 0.3) is 22.1 Å². The number of aryl methyl sites for hydroxylation is 2. The molecule has 0 unspecified atom stereocenters. The molecule has 2 aromatic heterocycles. The molecule has 0 saturated heterocycles. The zero-order chi connectivity index (χ0) is 15.3. The number of hydrogen-bond acceptors (Lipinski definition) is 2. The number of aromatic nitrogens is 4. The van der Waals surface area contributed by atoms with Gasteiger partial charge in [0.2, 0.25) is 0 Å². The van der Waals surface area contributed by atoms with E-state index in [-0.39, 0.29) is 5.92 Å². The van der Waals surface area contributed by atoms with Crippen molar-refractivity contribution in [2.24, 2.45) is 14.1 Å². The van der Waals surface area contributed by atoms with Gasteiger partial charge in [-0.2, -0.15) is 0 Å². The molecule has 0 spiro atoms. The van der Waals surface area contributed by atoms with E-state index < -0.39 is 0 Å². The summed E-state index contributed by atoms with van der Waals surface area (Å²) in [7, 11) is 4.15. The molecule has 0 aliphatic carbocycles. The van der Waals surface area contributed by atoms with E-state index >= 15 is 0 Å². The molecule has 4 aromatic rings. The Kier molecular flexibility index (Phi) is 2.79. The molecule has 0 radical (unpaired) electrons. The highest BCUT2D eigenvalue weighted by molar-refractivity contribution is 5.77. The third-order valence-corrected chi connectivity index (χ3v) is 4.42. The Bertz CT molecular complexity index is 897. The van der Waals surface area contributed by atoms with Gasteiger partial charge in [0.05, 0.1) is 28.0 Å². The second-order valence-electron chi connectivity index (χ2n) is 5.76. The monoisotopic (exact) mass is 290 g/mol. The zero-order valence-corrected chi connectivity index (χ0v) is 13.0. The number of fused-ring (bicyclic) bond motifs is 2. The van der Waals surface area contributed by atoms with Crippen molar-refractivity contribution in [2.45, 2.75) is 12.8 Å². The van der Waals surface area contributed by atoms with E-state index in [9.17, 15) is 0 Å². The maximum Gasteiger partial charge on any atom is 0.120 e. The van der Waals surface area contributed by atoms with Crippen LogP contribution in [0, 0.1) is 0 Å². The number of hydrogen-bond donors (Lipinski definition) is 0. The molecule has 0 saturated carbocycles. The summed E-state index contributed by atoms with van der Waals surface area (Å²) in [5.74, 6) is 2.22. The van der Waals surface area contributed by atoms with Crippen molar-refractivity contribution < 1.29 is 0 Å². The van der Waals surface area contributed by atoms with Gasteiger partial charge < -0.3 is 9.13 Å². The number of para-hydroxylation sites is 4. The van der Waals surface area contributed by atoms with E-state index in [1.54, 1.807) is 0 Å². The van der Waals surface area contributed by atoms with Crippen LogP contribution in [0.15, 0.2) is 48.5 Å². The fraction of sp³-hybridized carbons (Fsp3) is 0.222. The Hall–Kier alpha value is -2.62. The molecule has 0 amide bonds. The molecule has 4 heteroatoms. The van der Waals surface area contributed by atoms with E-state index in [1.807, 2.05) is 24.3 Å². The molecular formula is C18H18N4. The molecule has 2 aromatic carbocycles. The van der Waals surface area contributed by atoms with Crippen LogP contribution in [0.3, 0.4) is 0 Å². The van der Waals surface area contributed by atoms with Crippen LogP contribution in [0.2, 0.25) is 0 Å². The fourth-order valence-electron chi connectivity index (χ4n) is 3.22. The van der Waals surface area contributed by atoms with E-state index in [0.29, 0.717) is 0 Å². The number of benzene rings is 2. The standard InChI is InChI=1S/C18H18N4/c1-12(17-19-13-8-4-6-10-15(13)21(17)2)18-20-14-9-5-7-11-16(14)22(18)3/h4-12H,1-3H3. The highest BCUT2D eigenvalue weighted by Crippen LogP contribution is 2.27. The van der Waals surface area contributed by atoms with Crippen molar-refractivity contribution in [1.29, 1.82) is 0 Å². The van der Waals surface area contributed by atoms with Gasteiger partial charge in [-0.3, -0.25) is 0 Å². The van der Waals surface area contributed by atoms with Gasteiger partial charge in [0.1, 0.15) is 11.6 Å². The van der Waals surface area contributed by atoms with Gasteiger partial charge in [-0.15, -0.1) is 0 Å². The van der Waals surface area contributed by atoms with Crippen LogP contribution >= 0.6 is 0 Å². The summed E-state index contributed by atoms with van der Waals surface area (Å²) < 4.78 is 4.33. The molecule has 110 valence electrons. The van der Waals surface area contributed by atoms with Gasteiger partial charge in [0.15, 0.2) is 0 Å². The molecule has 0 bridgehead atoms. The molecule has 0 aliphatic rings. The van der Waals surface area contributed by atoms with Gasteiger partial charge >= 0.3 is 0 Å². The van der Waals surface area contributed by atoms with Gasteiger partial charge in [-0.25, -0.2) is 9.97 Å². The van der Waals surface area contributed by atoms with Crippen LogP contribution in [0.5, 0.6) is 0 Å². The molecule has 4 rings (SSSR count). The normalized spacial score (nSPS) is 11.8. The van der Waals surface area contributed by atoms with Gasteiger partial charge in [0, 0.05) is 14.1 Å². The molecular weight excluding hydrogens is 272 g/mol. The predicted octanol–water partition coefficient (Wildman–Crippen LogP) is 3.61. The zero-order valence-electron chi connectivity index (χ0n) is 13.0. The smallest absolute Gasteiger partial charge is 0.120 e. The largest absolute Gasteiger partial charge is 0.331 e. The van der Waals surface area contributed by atoms with Gasteiger partial charge in [0.25, 0.3) is 0 Å². The van der Waals surface area contributed by atoms with Crippen molar-refractivity contribution in [1.82, 2.24) is 19.1 Å². The number of nitrogens with zero attached hydrogens (tertiary/aromatic N) is 4. The van der Waals surface area contributed by atoms with Gasteiger partial charge in [-0.05, 0) is 31.2 Å². The van der Waals surface area contributed by atoms with E-state index in [2.05, 4.69) is 54.4 Å². The lowest BCUT2D eigenvalue weighted by atomic mass is 10.1.